The van der Waals surface area contributed by atoms with E-state index >= 15 is 0 Å². The highest BCUT2D eigenvalue weighted by atomic mass is 79.9. The van der Waals surface area contributed by atoms with Crippen molar-refractivity contribution in [2.75, 3.05) is 18.5 Å². The van der Waals surface area contributed by atoms with Gasteiger partial charge in [-0.25, -0.2) is 4.39 Å². The standard InChI is InChI=1S/C8H8BrFN2O2/c9-6-1-2-8(12(13)14)7(5-6)11-4-3-10/h1-2,5,11H,3-4H2. The first-order valence-electron chi connectivity index (χ1n) is 3.89. The Kier molecular flexibility index (Phi) is 3.82. The third-order valence-electron chi connectivity index (χ3n) is 1.57. The van der Waals surface area contributed by atoms with Gasteiger partial charge in [-0.3, -0.25) is 10.1 Å². The maximum Gasteiger partial charge on any atom is 0.292 e. The molecule has 0 heterocycles. The minimum atomic E-state index is -0.566. The Bertz CT molecular complexity index is 346. The molecular weight excluding hydrogens is 255 g/mol. The van der Waals surface area contributed by atoms with Gasteiger partial charge in [0, 0.05) is 17.1 Å². The first-order valence-corrected chi connectivity index (χ1v) is 4.68. The number of rotatable bonds is 4. The second-order valence-corrected chi connectivity index (χ2v) is 3.45. The van der Waals surface area contributed by atoms with E-state index in [2.05, 4.69) is 21.2 Å². The van der Waals surface area contributed by atoms with E-state index in [0.29, 0.717) is 10.2 Å². The Morgan fingerprint density at radius 2 is 2.29 bits per heavy atom. The Labute approximate surface area is 88.4 Å². The molecule has 1 rings (SSSR count). The third-order valence-corrected chi connectivity index (χ3v) is 2.06. The van der Waals surface area contributed by atoms with Gasteiger partial charge in [0.15, 0.2) is 0 Å². The predicted octanol–water partition coefficient (Wildman–Crippen LogP) is 2.74. The number of benzene rings is 1. The van der Waals surface area contributed by atoms with Crippen LogP contribution in [0.3, 0.4) is 0 Å². The van der Waals surface area contributed by atoms with Gasteiger partial charge < -0.3 is 5.32 Å². The van der Waals surface area contributed by atoms with Gasteiger partial charge in [-0.15, -0.1) is 0 Å². The summed E-state index contributed by atoms with van der Waals surface area (Å²) in [4.78, 5) is 10.0. The molecule has 1 N–H and O–H groups in total. The molecule has 76 valence electrons. The van der Waals surface area contributed by atoms with E-state index in [0.717, 1.165) is 0 Å². The van der Waals surface area contributed by atoms with E-state index in [-0.39, 0.29) is 12.2 Å². The van der Waals surface area contributed by atoms with Crippen molar-refractivity contribution in [1.82, 2.24) is 0 Å². The van der Waals surface area contributed by atoms with Crippen molar-refractivity contribution in [2.24, 2.45) is 0 Å². The topological polar surface area (TPSA) is 55.2 Å². The summed E-state index contributed by atoms with van der Waals surface area (Å²) < 4.78 is 12.6. The van der Waals surface area contributed by atoms with Crippen LogP contribution >= 0.6 is 15.9 Å². The normalized spacial score (nSPS) is 9.86. The highest BCUT2D eigenvalue weighted by Crippen LogP contribution is 2.27. The number of hydrogen-bond acceptors (Lipinski definition) is 3. The van der Waals surface area contributed by atoms with Gasteiger partial charge in [0.05, 0.1) is 4.92 Å². The summed E-state index contributed by atoms with van der Waals surface area (Å²) in [5.41, 5.74) is 0.267. The van der Waals surface area contributed by atoms with Crippen molar-refractivity contribution in [2.45, 2.75) is 0 Å². The van der Waals surface area contributed by atoms with E-state index in [1.54, 1.807) is 12.1 Å². The van der Waals surface area contributed by atoms with Gasteiger partial charge in [-0.05, 0) is 12.1 Å². The maximum atomic E-state index is 11.9. The van der Waals surface area contributed by atoms with Crippen LogP contribution in [0.5, 0.6) is 0 Å². The molecule has 1 aromatic rings. The average Bonchev–Trinajstić information content (AvgIpc) is 2.14. The molecule has 0 bridgehead atoms. The van der Waals surface area contributed by atoms with Gasteiger partial charge >= 0.3 is 0 Å². The second kappa shape index (κ2) is 4.90. The van der Waals surface area contributed by atoms with E-state index in [9.17, 15) is 14.5 Å². The van der Waals surface area contributed by atoms with Gasteiger partial charge in [-0.2, -0.15) is 0 Å². The Morgan fingerprint density at radius 3 is 2.86 bits per heavy atom. The van der Waals surface area contributed by atoms with Crippen molar-refractivity contribution in [3.63, 3.8) is 0 Å². The molecule has 0 amide bonds. The number of nitro groups is 1. The molecule has 0 spiro atoms. The van der Waals surface area contributed by atoms with Crippen molar-refractivity contribution in [1.29, 1.82) is 0 Å². The number of nitrogens with zero attached hydrogens (tertiary/aromatic N) is 1. The van der Waals surface area contributed by atoms with Gasteiger partial charge in [0.1, 0.15) is 12.4 Å². The SMILES string of the molecule is O=[N+]([O-])c1ccc(Br)cc1NCCF. The molecule has 6 heteroatoms. The highest BCUT2D eigenvalue weighted by molar-refractivity contribution is 9.10. The molecule has 4 nitrogen and oxygen atoms in total. The number of anilines is 1. The molecule has 0 aliphatic carbocycles. The van der Waals surface area contributed by atoms with Crippen LogP contribution in [0.2, 0.25) is 0 Å². The smallest absolute Gasteiger partial charge is 0.292 e. The molecule has 0 aromatic heterocycles. The minimum Gasteiger partial charge on any atom is -0.377 e. The zero-order chi connectivity index (χ0) is 10.6. The lowest BCUT2D eigenvalue weighted by molar-refractivity contribution is -0.384. The third kappa shape index (κ3) is 2.66. The molecule has 0 aliphatic heterocycles. The highest BCUT2D eigenvalue weighted by Gasteiger charge is 2.12. The molecule has 0 radical (unpaired) electrons. The number of hydrogen-bond donors (Lipinski definition) is 1. The van der Waals surface area contributed by atoms with Crippen LogP contribution in [0.4, 0.5) is 15.8 Å². The molecule has 0 atom stereocenters. The number of alkyl halides is 1. The summed E-state index contributed by atoms with van der Waals surface area (Å²) in [6.07, 6.45) is 0. The zero-order valence-electron chi connectivity index (χ0n) is 7.17. The Morgan fingerprint density at radius 1 is 1.57 bits per heavy atom. The van der Waals surface area contributed by atoms with Crippen molar-refractivity contribution in [3.05, 3.63) is 32.8 Å². The lowest BCUT2D eigenvalue weighted by Crippen LogP contribution is -2.05. The molecular formula is C8H8BrFN2O2. The zero-order valence-corrected chi connectivity index (χ0v) is 8.75. The van der Waals surface area contributed by atoms with Crippen molar-refractivity contribution >= 4 is 27.3 Å². The van der Waals surface area contributed by atoms with Crippen molar-refractivity contribution in [3.8, 4) is 0 Å². The van der Waals surface area contributed by atoms with Crippen LogP contribution in [0, 0.1) is 10.1 Å². The first kappa shape index (κ1) is 10.9. The lowest BCUT2D eigenvalue weighted by Gasteiger charge is -2.04. The van der Waals surface area contributed by atoms with Crippen LogP contribution < -0.4 is 5.32 Å². The number of nitro benzene ring substituents is 1. The number of nitrogens with one attached hydrogen (secondary N) is 1. The fourth-order valence-electron chi connectivity index (χ4n) is 0.991. The van der Waals surface area contributed by atoms with Gasteiger partial charge in [-0.1, -0.05) is 15.9 Å². The summed E-state index contributed by atoms with van der Waals surface area (Å²) >= 11 is 3.18. The molecule has 14 heavy (non-hydrogen) atoms. The largest absolute Gasteiger partial charge is 0.377 e. The lowest BCUT2D eigenvalue weighted by atomic mass is 10.2. The molecule has 0 aliphatic rings. The summed E-state index contributed by atoms with van der Waals surface area (Å²) in [6.45, 7) is -0.499. The van der Waals surface area contributed by atoms with Gasteiger partial charge in [0.2, 0.25) is 0 Å². The second-order valence-electron chi connectivity index (χ2n) is 2.53. The summed E-state index contributed by atoms with van der Waals surface area (Å²) in [5, 5.41) is 13.2. The summed E-state index contributed by atoms with van der Waals surface area (Å²) in [5.74, 6) is 0. The summed E-state index contributed by atoms with van der Waals surface area (Å²) in [7, 11) is 0. The van der Waals surface area contributed by atoms with Crippen LogP contribution in [-0.4, -0.2) is 18.1 Å². The van der Waals surface area contributed by atoms with Crippen LogP contribution in [0.15, 0.2) is 22.7 Å². The summed E-state index contributed by atoms with van der Waals surface area (Å²) in [6, 6.07) is 4.48. The maximum absolute atomic E-state index is 11.9. The average molecular weight is 263 g/mol. The molecule has 1 aromatic carbocycles. The molecule has 0 unspecified atom stereocenters. The van der Waals surface area contributed by atoms with Gasteiger partial charge in [0.25, 0.3) is 5.69 Å². The fourth-order valence-corrected chi connectivity index (χ4v) is 1.35. The van der Waals surface area contributed by atoms with Crippen molar-refractivity contribution < 1.29 is 9.31 Å². The number of halogens is 2. The molecule has 0 saturated heterocycles. The molecule has 0 saturated carbocycles. The van der Waals surface area contributed by atoms with E-state index in [4.69, 9.17) is 0 Å². The van der Waals surface area contributed by atoms with E-state index < -0.39 is 11.6 Å². The van der Waals surface area contributed by atoms with E-state index in [1.165, 1.54) is 6.07 Å². The first-order chi connectivity index (χ1) is 6.65. The Hall–Kier alpha value is -1.17. The quantitative estimate of drug-likeness (QED) is 0.671. The van der Waals surface area contributed by atoms with Crippen LogP contribution in [0.25, 0.3) is 0 Å². The van der Waals surface area contributed by atoms with Crippen LogP contribution in [0.1, 0.15) is 0 Å². The molecule has 0 fully saturated rings. The fraction of sp³-hybridized carbons (Fsp3) is 0.250. The monoisotopic (exact) mass is 262 g/mol. The van der Waals surface area contributed by atoms with Crippen LogP contribution in [-0.2, 0) is 0 Å². The Balaban J connectivity index is 2.97. The van der Waals surface area contributed by atoms with E-state index in [1.807, 2.05) is 0 Å². The predicted molar refractivity (Wildman–Crippen MR) is 55.3 cm³/mol. The minimum absolute atomic E-state index is 0.0540.